The molecule has 0 spiro atoms. The maximum atomic E-state index is 13.7. The molecule has 1 unspecified atom stereocenters. The number of aliphatic hydroxyl groups excluding tert-OH is 1. The Labute approximate surface area is 116 Å². The molecule has 20 heavy (non-hydrogen) atoms. The fraction of sp³-hybridized carbons (Fsp3) is 0.250. The van der Waals surface area contributed by atoms with Crippen molar-refractivity contribution in [2.24, 2.45) is 0 Å². The molecule has 2 rings (SSSR count). The van der Waals surface area contributed by atoms with Crippen molar-refractivity contribution < 1.29 is 18.6 Å². The Morgan fingerprint density at radius 3 is 2.45 bits per heavy atom. The normalized spacial score (nSPS) is 12.2. The van der Waals surface area contributed by atoms with Crippen LogP contribution >= 0.6 is 0 Å². The van der Waals surface area contributed by atoms with Gasteiger partial charge in [-0.3, -0.25) is 0 Å². The van der Waals surface area contributed by atoms with Crippen molar-refractivity contribution in [2.45, 2.75) is 19.4 Å². The monoisotopic (exact) mass is 278 g/mol. The molecule has 4 heteroatoms. The zero-order valence-corrected chi connectivity index (χ0v) is 11.1. The summed E-state index contributed by atoms with van der Waals surface area (Å²) in [5.74, 6) is -1.22. The SMILES string of the molecule is Cc1ccc(C(O)CCOc2ccccc2)c(F)c1F. The first-order chi connectivity index (χ1) is 9.59. The van der Waals surface area contributed by atoms with Crippen LogP contribution in [0.3, 0.4) is 0 Å². The maximum absolute atomic E-state index is 13.7. The number of ether oxygens (including phenoxy) is 1. The molecule has 0 saturated heterocycles. The minimum Gasteiger partial charge on any atom is -0.493 e. The summed E-state index contributed by atoms with van der Waals surface area (Å²) in [4.78, 5) is 0. The Morgan fingerprint density at radius 1 is 1.05 bits per heavy atom. The van der Waals surface area contributed by atoms with Gasteiger partial charge in [-0.25, -0.2) is 8.78 Å². The maximum Gasteiger partial charge on any atom is 0.164 e. The van der Waals surface area contributed by atoms with Gasteiger partial charge in [0.1, 0.15) is 5.75 Å². The number of benzene rings is 2. The third-order valence-electron chi connectivity index (χ3n) is 3.07. The van der Waals surface area contributed by atoms with Crippen molar-refractivity contribution in [3.63, 3.8) is 0 Å². The molecule has 106 valence electrons. The van der Waals surface area contributed by atoms with E-state index in [2.05, 4.69) is 0 Å². The van der Waals surface area contributed by atoms with E-state index in [1.54, 1.807) is 12.1 Å². The average molecular weight is 278 g/mol. The second-order valence-electron chi connectivity index (χ2n) is 4.57. The van der Waals surface area contributed by atoms with Crippen LogP contribution in [-0.2, 0) is 0 Å². The van der Waals surface area contributed by atoms with Gasteiger partial charge in [-0.1, -0.05) is 30.3 Å². The van der Waals surface area contributed by atoms with Gasteiger partial charge in [0.2, 0.25) is 0 Å². The third kappa shape index (κ3) is 3.33. The number of hydrogen-bond acceptors (Lipinski definition) is 2. The number of halogens is 2. The average Bonchev–Trinajstić information content (AvgIpc) is 2.46. The third-order valence-corrected chi connectivity index (χ3v) is 3.07. The molecule has 0 amide bonds. The number of para-hydroxylation sites is 1. The summed E-state index contributed by atoms with van der Waals surface area (Å²) in [5, 5.41) is 9.91. The van der Waals surface area contributed by atoms with E-state index < -0.39 is 17.7 Å². The molecule has 0 radical (unpaired) electrons. The zero-order valence-electron chi connectivity index (χ0n) is 11.1. The van der Waals surface area contributed by atoms with Crippen LogP contribution in [-0.4, -0.2) is 11.7 Å². The Kier molecular flexibility index (Phi) is 4.69. The van der Waals surface area contributed by atoms with Gasteiger partial charge in [-0.15, -0.1) is 0 Å². The molecule has 0 aliphatic rings. The molecule has 0 bridgehead atoms. The predicted octanol–water partition coefficient (Wildman–Crippen LogP) is 3.78. The number of aryl methyl sites for hydroxylation is 1. The van der Waals surface area contributed by atoms with E-state index >= 15 is 0 Å². The molecule has 0 aliphatic carbocycles. The number of aliphatic hydroxyl groups is 1. The first-order valence-corrected chi connectivity index (χ1v) is 6.40. The van der Waals surface area contributed by atoms with E-state index in [0.29, 0.717) is 5.75 Å². The summed E-state index contributed by atoms with van der Waals surface area (Å²) < 4.78 is 32.5. The number of rotatable bonds is 5. The molecule has 0 aromatic heterocycles. The van der Waals surface area contributed by atoms with E-state index in [9.17, 15) is 13.9 Å². The summed E-state index contributed by atoms with van der Waals surface area (Å²) in [6.45, 7) is 1.70. The second kappa shape index (κ2) is 6.48. The van der Waals surface area contributed by atoms with Crippen LogP contribution in [0.25, 0.3) is 0 Å². The van der Waals surface area contributed by atoms with Crippen molar-refractivity contribution in [2.75, 3.05) is 6.61 Å². The summed E-state index contributed by atoms with van der Waals surface area (Å²) in [5.41, 5.74) is 0.184. The van der Waals surface area contributed by atoms with Crippen LogP contribution in [0.4, 0.5) is 8.78 Å². The Hall–Kier alpha value is -1.94. The first-order valence-electron chi connectivity index (χ1n) is 6.40. The lowest BCUT2D eigenvalue weighted by Gasteiger charge is -2.14. The highest BCUT2D eigenvalue weighted by atomic mass is 19.2. The fourth-order valence-corrected chi connectivity index (χ4v) is 1.88. The molecular formula is C16H16F2O2. The molecule has 2 aromatic carbocycles. The molecule has 0 saturated carbocycles. The zero-order chi connectivity index (χ0) is 14.5. The van der Waals surface area contributed by atoms with E-state index in [4.69, 9.17) is 4.74 Å². The van der Waals surface area contributed by atoms with E-state index in [1.165, 1.54) is 19.1 Å². The van der Waals surface area contributed by atoms with Gasteiger partial charge in [-0.2, -0.15) is 0 Å². The fourth-order valence-electron chi connectivity index (χ4n) is 1.88. The van der Waals surface area contributed by atoms with E-state index in [-0.39, 0.29) is 24.2 Å². The summed E-state index contributed by atoms with van der Waals surface area (Å²) >= 11 is 0. The molecular weight excluding hydrogens is 262 g/mol. The van der Waals surface area contributed by atoms with Gasteiger partial charge >= 0.3 is 0 Å². The van der Waals surface area contributed by atoms with Gasteiger partial charge in [0.25, 0.3) is 0 Å². The second-order valence-corrected chi connectivity index (χ2v) is 4.57. The lowest BCUT2D eigenvalue weighted by Crippen LogP contribution is -2.08. The van der Waals surface area contributed by atoms with E-state index in [0.717, 1.165) is 0 Å². The lowest BCUT2D eigenvalue weighted by atomic mass is 10.0. The van der Waals surface area contributed by atoms with E-state index in [1.807, 2.05) is 18.2 Å². The summed E-state index contributed by atoms with van der Waals surface area (Å²) in [6.07, 6.45) is -0.900. The predicted molar refractivity (Wildman–Crippen MR) is 72.6 cm³/mol. The highest BCUT2D eigenvalue weighted by Gasteiger charge is 2.17. The van der Waals surface area contributed by atoms with Crippen LogP contribution in [0.15, 0.2) is 42.5 Å². The first kappa shape index (κ1) is 14.5. The standard InChI is InChI=1S/C16H16F2O2/c1-11-7-8-13(16(18)15(11)17)14(19)9-10-20-12-5-3-2-4-6-12/h2-8,14,19H,9-10H2,1H3. The van der Waals surface area contributed by atoms with Crippen LogP contribution in [0.1, 0.15) is 23.7 Å². The Bertz CT molecular complexity index is 570. The number of hydrogen-bond donors (Lipinski definition) is 1. The molecule has 0 aliphatic heterocycles. The topological polar surface area (TPSA) is 29.5 Å². The lowest BCUT2D eigenvalue weighted by molar-refractivity contribution is 0.136. The molecule has 1 atom stereocenters. The van der Waals surface area contributed by atoms with Crippen molar-refractivity contribution in [1.29, 1.82) is 0 Å². The largest absolute Gasteiger partial charge is 0.493 e. The Balaban J connectivity index is 1.95. The quantitative estimate of drug-likeness (QED) is 0.902. The highest BCUT2D eigenvalue weighted by molar-refractivity contribution is 5.27. The van der Waals surface area contributed by atoms with Crippen molar-refractivity contribution in [3.8, 4) is 5.75 Å². The van der Waals surface area contributed by atoms with Gasteiger partial charge in [0.05, 0.1) is 12.7 Å². The molecule has 1 N–H and O–H groups in total. The highest BCUT2D eigenvalue weighted by Crippen LogP contribution is 2.24. The van der Waals surface area contributed by atoms with Crippen molar-refractivity contribution in [1.82, 2.24) is 0 Å². The molecule has 0 fully saturated rings. The van der Waals surface area contributed by atoms with Crippen LogP contribution in [0.2, 0.25) is 0 Å². The Morgan fingerprint density at radius 2 is 1.75 bits per heavy atom. The summed E-state index contributed by atoms with van der Waals surface area (Å²) in [6, 6.07) is 12.0. The smallest absolute Gasteiger partial charge is 0.164 e. The van der Waals surface area contributed by atoms with Gasteiger partial charge in [-0.05, 0) is 24.6 Å². The van der Waals surface area contributed by atoms with Crippen molar-refractivity contribution >= 4 is 0 Å². The van der Waals surface area contributed by atoms with Crippen molar-refractivity contribution in [3.05, 3.63) is 65.2 Å². The van der Waals surface area contributed by atoms with Crippen LogP contribution in [0, 0.1) is 18.6 Å². The van der Waals surface area contributed by atoms with Gasteiger partial charge in [0.15, 0.2) is 11.6 Å². The van der Waals surface area contributed by atoms with Gasteiger partial charge < -0.3 is 9.84 Å². The minimum absolute atomic E-state index is 0.0373. The van der Waals surface area contributed by atoms with Crippen LogP contribution < -0.4 is 4.74 Å². The molecule has 0 heterocycles. The minimum atomic E-state index is -1.09. The molecule has 2 aromatic rings. The van der Waals surface area contributed by atoms with Gasteiger partial charge in [0, 0.05) is 12.0 Å². The van der Waals surface area contributed by atoms with Crippen LogP contribution in [0.5, 0.6) is 5.75 Å². The molecule has 2 nitrogen and oxygen atoms in total. The summed E-state index contributed by atoms with van der Waals surface area (Å²) in [7, 11) is 0.